The standard InChI is InChI=1S/C40H42N6O4/c1-24-31(5-3-7-33(24)39-44-37-35(50-39)15-18-46(40(37)49)22-26-9-11-29(47)12-10-26)32-6-4-8-34(25(32)2)43-38-36-28(13-16-41-38)19-27(20-42-36)21-45-17-14-30(48)23-45/h3-8,13,15-16,18-20,26,29-30,47-48H,9-12,14,17,21-23H2,1-2H3,(H,41,43)/t26-,29-,30-/m1/s1. The molecule has 0 unspecified atom stereocenters. The monoisotopic (exact) mass is 670 g/mol. The summed E-state index contributed by atoms with van der Waals surface area (Å²) in [6.07, 6.45) is 9.26. The highest BCUT2D eigenvalue weighted by atomic mass is 16.3. The van der Waals surface area contributed by atoms with Crippen LogP contribution in [0.3, 0.4) is 0 Å². The minimum atomic E-state index is -0.246. The molecular weight excluding hydrogens is 628 g/mol. The van der Waals surface area contributed by atoms with Gasteiger partial charge in [0.25, 0.3) is 5.56 Å². The number of nitrogens with zero attached hydrogens (tertiary/aromatic N) is 5. The average molecular weight is 671 g/mol. The van der Waals surface area contributed by atoms with Gasteiger partial charge >= 0.3 is 0 Å². The van der Waals surface area contributed by atoms with E-state index in [-0.39, 0.29) is 17.8 Å². The molecule has 50 heavy (non-hydrogen) atoms. The van der Waals surface area contributed by atoms with E-state index in [0.717, 1.165) is 95.2 Å². The van der Waals surface area contributed by atoms with Crippen molar-refractivity contribution in [3.8, 4) is 22.6 Å². The van der Waals surface area contributed by atoms with Gasteiger partial charge in [0.2, 0.25) is 5.89 Å². The van der Waals surface area contributed by atoms with Gasteiger partial charge in [-0.15, -0.1) is 0 Å². The number of aliphatic hydroxyl groups excluding tert-OH is 2. The summed E-state index contributed by atoms with van der Waals surface area (Å²) in [6.45, 7) is 7.13. The molecule has 0 amide bonds. The lowest BCUT2D eigenvalue weighted by Gasteiger charge is -2.25. The average Bonchev–Trinajstić information content (AvgIpc) is 3.74. The number of aromatic nitrogens is 4. The Bertz CT molecular complexity index is 2250. The second-order valence-corrected chi connectivity index (χ2v) is 14.0. The number of nitrogens with one attached hydrogen (secondary N) is 1. The maximum atomic E-state index is 13.5. The van der Waals surface area contributed by atoms with Crippen molar-refractivity contribution in [1.29, 1.82) is 0 Å². The first-order valence-corrected chi connectivity index (χ1v) is 17.6. The van der Waals surface area contributed by atoms with Crippen LogP contribution in [0.2, 0.25) is 0 Å². The molecule has 2 aromatic carbocycles. The maximum absolute atomic E-state index is 13.5. The summed E-state index contributed by atoms with van der Waals surface area (Å²) in [4.78, 5) is 29.9. The number of likely N-dealkylation sites (tertiary alicyclic amines) is 1. The molecule has 0 spiro atoms. The molecule has 0 radical (unpaired) electrons. The Morgan fingerprint density at radius 2 is 1.66 bits per heavy atom. The molecular formula is C40H42N6O4. The van der Waals surface area contributed by atoms with Crippen molar-refractivity contribution in [2.75, 3.05) is 18.4 Å². The van der Waals surface area contributed by atoms with Crippen molar-refractivity contribution < 1.29 is 14.6 Å². The Labute approximate surface area is 290 Å². The zero-order chi connectivity index (χ0) is 34.4. The van der Waals surface area contributed by atoms with Gasteiger partial charge in [-0.2, -0.15) is 0 Å². The minimum absolute atomic E-state index is 0.147. The number of pyridine rings is 3. The summed E-state index contributed by atoms with van der Waals surface area (Å²) >= 11 is 0. The van der Waals surface area contributed by atoms with Gasteiger partial charge in [-0.25, -0.2) is 9.97 Å². The second-order valence-electron chi connectivity index (χ2n) is 14.0. The third kappa shape index (κ3) is 6.30. The largest absolute Gasteiger partial charge is 0.436 e. The smallest absolute Gasteiger partial charge is 0.280 e. The molecule has 1 saturated heterocycles. The topological polar surface area (TPSA) is 130 Å². The number of hydrogen-bond acceptors (Lipinski definition) is 9. The number of anilines is 2. The number of β-amino-alcohol motifs (C(OH)–C–C–N with tert-alkyl or cyclic N) is 1. The molecule has 10 nitrogen and oxygen atoms in total. The highest BCUT2D eigenvalue weighted by molar-refractivity contribution is 5.91. The third-order valence-corrected chi connectivity index (χ3v) is 10.5. The van der Waals surface area contributed by atoms with Crippen LogP contribution in [0.4, 0.5) is 11.5 Å². The fourth-order valence-electron chi connectivity index (χ4n) is 7.67. The van der Waals surface area contributed by atoms with E-state index in [4.69, 9.17) is 14.4 Å². The molecule has 3 N–H and O–H groups in total. The number of benzene rings is 2. The van der Waals surface area contributed by atoms with Crippen LogP contribution in [-0.4, -0.2) is 59.9 Å². The molecule has 1 aliphatic carbocycles. The highest BCUT2D eigenvalue weighted by Crippen LogP contribution is 2.37. The molecule has 1 atom stereocenters. The second kappa shape index (κ2) is 13.4. The molecule has 256 valence electrons. The quantitative estimate of drug-likeness (QED) is 0.161. The Morgan fingerprint density at radius 3 is 2.46 bits per heavy atom. The van der Waals surface area contributed by atoms with Crippen molar-refractivity contribution in [3.05, 3.63) is 100 Å². The summed E-state index contributed by atoms with van der Waals surface area (Å²) in [5.74, 6) is 1.48. The first-order valence-electron chi connectivity index (χ1n) is 17.6. The molecule has 1 saturated carbocycles. The van der Waals surface area contributed by atoms with Gasteiger partial charge in [0.05, 0.1) is 12.2 Å². The maximum Gasteiger partial charge on any atom is 0.280 e. The van der Waals surface area contributed by atoms with Crippen molar-refractivity contribution >= 4 is 33.5 Å². The molecule has 2 fully saturated rings. The minimum Gasteiger partial charge on any atom is -0.436 e. The number of oxazole rings is 1. The lowest BCUT2D eigenvalue weighted by molar-refractivity contribution is 0.104. The molecule has 5 heterocycles. The van der Waals surface area contributed by atoms with Crippen molar-refractivity contribution in [1.82, 2.24) is 24.4 Å². The van der Waals surface area contributed by atoms with Gasteiger partial charge in [-0.05, 0) is 110 Å². The summed E-state index contributed by atoms with van der Waals surface area (Å²) in [5, 5.41) is 24.4. The van der Waals surface area contributed by atoms with Crippen LogP contribution in [0, 0.1) is 19.8 Å². The molecule has 1 aliphatic heterocycles. The fraction of sp³-hybridized carbons (Fsp3) is 0.350. The van der Waals surface area contributed by atoms with Crippen LogP contribution in [0.15, 0.2) is 82.4 Å². The van der Waals surface area contributed by atoms with Crippen molar-refractivity contribution in [3.63, 3.8) is 0 Å². The van der Waals surface area contributed by atoms with E-state index < -0.39 is 0 Å². The van der Waals surface area contributed by atoms with Crippen LogP contribution in [0.25, 0.3) is 44.6 Å². The van der Waals surface area contributed by atoms with Gasteiger partial charge in [0.15, 0.2) is 16.9 Å². The predicted octanol–water partition coefficient (Wildman–Crippen LogP) is 6.74. The van der Waals surface area contributed by atoms with Crippen LogP contribution < -0.4 is 10.9 Å². The van der Waals surface area contributed by atoms with E-state index >= 15 is 0 Å². The van der Waals surface area contributed by atoms with Crippen LogP contribution in [0.1, 0.15) is 48.8 Å². The Balaban J connectivity index is 1.06. The SMILES string of the molecule is Cc1c(Nc2nccc3cc(CN4CC[C@@H](O)C4)cnc23)cccc1-c1cccc(-c2nc3c(=O)n(C[C@H]4CC[C@H](O)CC4)ccc3o2)c1C. The molecule has 4 aromatic heterocycles. The van der Waals surface area contributed by atoms with E-state index in [1.165, 1.54) is 0 Å². The zero-order valence-corrected chi connectivity index (χ0v) is 28.5. The van der Waals surface area contributed by atoms with Crippen LogP contribution in [-0.2, 0) is 13.1 Å². The van der Waals surface area contributed by atoms with Crippen LogP contribution in [0.5, 0.6) is 0 Å². The summed E-state index contributed by atoms with van der Waals surface area (Å²) in [6, 6.07) is 18.2. The molecule has 8 rings (SSSR count). The van der Waals surface area contributed by atoms with E-state index in [9.17, 15) is 15.0 Å². The lowest BCUT2D eigenvalue weighted by atomic mass is 9.87. The van der Waals surface area contributed by atoms with Gasteiger partial charge < -0.3 is 24.5 Å². The van der Waals surface area contributed by atoms with E-state index in [1.807, 2.05) is 42.6 Å². The number of fused-ring (bicyclic) bond motifs is 2. The summed E-state index contributed by atoms with van der Waals surface area (Å²) < 4.78 is 7.93. The number of hydrogen-bond donors (Lipinski definition) is 3. The predicted molar refractivity (Wildman–Crippen MR) is 195 cm³/mol. The van der Waals surface area contributed by atoms with Crippen molar-refractivity contribution in [2.45, 2.75) is 71.2 Å². The van der Waals surface area contributed by atoms with Crippen molar-refractivity contribution in [2.24, 2.45) is 5.92 Å². The van der Waals surface area contributed by atoms with Gasteiger partial charge in [-0.3, -0.25) is 14.7 Å². The number of rotatable bonds is 8. The van der Waals surface area contributed by atoms with Crippen LogP contribution >= 0.6 is 0 Å². The zero-order valence-electron chi connectivity index (χ0n) is 28.5. The molecule has 0 bridgehead atoms. The van der Waals surface area contributed by atoms with E-state index in [2.05, 4.69) is 47.2 Å². The number of aliphatic hydroxyl groups is 2. The first kappa shape index (κ1) is 32.3. The van der Waals surface area contributed by atoms with E-state index in [0.29, 0.717) is 41.8 Å². The Morgan fingerprint density at radius 1 is 0.880 bits per heavy atom. The molecule has 10 heteroatoms. The Hall–Kier alpha value is -4.90. The highest BCUT2D eigenvalue weighted by Gasteiger charge is 2.23. The third-order valence-electron chi connectivity index (χ3n) is 10.5. The Kier molecular flexibility index (Phi) is 8.68. The molecule has 2 aliphatic rings. The summed E-state index contributed by atoms with van der Waals surface area (Å²) in [7, 11) is 0. The lowest BCUT2D eigenvalue weighted by Crippen LogP contribution is -2.27. The van der Waals surface area contributed by atoms with Gasteiger partial charge in [-0.1, -0.05) is 24.3 Å². The molecule has 6 aromatic rings. The van der Waals surface area contributed by atoms with Gasteiger partial charge in [0.1, 0.15) is 5.52 Å². The van der Waals surface area contributed by atoms with E-state index in [1.54, 1.807) is 17.0 Å². The normalized spacial score (nSPS) is 19.8. The fourth-order valence-corrected chi connectivity index (χ4v) is 7.67. The first-order chi connectivity index (χ1) is 24.3. The summed E-state index contributed by atoms with van der Waals surface area (Å²) in [5.41, 5.74) is 8.52. The van der Waals surface area contributed by atoms with Gasteiger partial charge in [0, 0.05) is 61.4 Å².